The van der Waals surface area contributed by atoms with Gasteiger partial charge in [0.1, 0.15) is 6.61 Å². The number of ether oxygens (including phenoxy) is 1. The van der Waals surface area contributed by atoms with Gasteiger partial charge in [-0.25, -0.2) is 0 Å². The molecule has 1 amide bonds. The van der Waals surface area contributed by atoms with Gasteiger partial charge in [-0.3, -0.25) is 9.59 Å². The fourth-order valence-electron chi connectivity index (χ4n) is 1.59. The van der Waals surface area contributed by atoms with Gasteiger partial charge in [-0.15, -0.1) is 11.3 Å². The maximum atomic E-state index is 11.5. The van der Waals surface area contributed by atoms with E-state index in [-0.39, 0.29) is 30.7 Å². The van der Waals surface area contributed by atoms with Gasteiger partial charge in [0.15, 0.2) is 5.76 Å². The predicted octanol–water partition coefficient (Wildman–Crippen LogP) is 3.36. The van der Waals surface area contributed by atoms with E-state index in [1.165, 1.54) is 6.26 Å². The van der Waals surface area contributed by atoms with Crippen LogP contribution in [-0.2, 0) is 16.1 Å². The van der Waals surface area contributed by atoms with Crippen molar-refractivity contribution in [1.29, 1.82) is 0 Å². The average Bonchev–Trinajstić information content (AvgIpc) is 3.12. The molecular formula is C14H14BrNO4S. The predicted molar refractivity (Wildman–Crippen MR) is 82.1 cm³/mol. The van der Waals surface area contributed by atoms with Crippen molar-refractivity contribution in [2.24, 2.45) is 0 Å². The molecule has 0 bridgehead atoms. The molecule has 2 heterocycles. The topological polar surface area (TPSA) is 68.5 Å². The van der Waals surface area contributed by atoms with E-state index >= 15 is 0 Å². The van der Waals surface area contributed by atoms with Crippen LogP contribution >= 0.6 is 27.3 Å². The van der Waals surface area contributed by atoms with Gasteiger partial charge in [0.05, 0.1) is 10.0 Å². The number of hydrogen-bond acceptors (Lipinski definition) is 5. The Morgan fingerprint density at radius 3 is 2.95 bits per heavy atom. The lowest BCUT2D eigenvalue weighted by Gasteiger charge is -2.04. The van der Waals surface area contributed by atoms with Crippen molar-refractivity contribution in [3.63, 3.8) is 0 Å². The van der Waals surface area contributed by atoms with Crippen molar-refractivity contribution < 1.29 is 18.7 Å². The summed E-state index contributed by atoms with van der Waals surface area (Å²) in [7, 11) is 0. The molecule has 0 radical (unpaired) electrons. The lowest BCUT2D eigenvalue weighted by molar-refractivity contribution is -0.145. The normalized spacial score (nSPS) is 10.3. The number of rotatable bonds is 7. The maximum absolute atomic E-state index is 11.5. The molecule has 0 atom stereocenters. The number of esters is 1. The number of thiophene rings is 1. The Bertz CT molecular complexity index is 594. The van der Waals surface area contributed by atoms with Crippen molar-refractivity contribution in [2.75, 3.05) is 6.54 Å². The van der Waals surface area contributed by atoms with Crippen LogP contribution in [0.25, 0.3) is 0 Å². The first-order valence-electron chi connectivity index (χ1n) is 6.35. The number of hydrogen-bond donors (Lipinski definition) is 1. The second-order valence-electron chi connectivity index (χ2n) is 4.26. The maximum Gasteiger partial charge on any atom is 0.306 e. The Morgan fingerprint density at radius 2 is 2.29 bits per heavy atom. The number of carbonyl (C=O) groups excluding carboxylic acids is 2. The Labute approximate surface area is 134 Å². The van der Waals surface area contributed by atoms with Crippen LogP contribution in [0.1, 0.15) is 29.0 Å². The number of carbonyl (C=O) groups is 2. The van der Waals surface area contributed by atoms with Crippen LogP contribution in [0.15, 0.2) is 38.0 Å². The summed E-state index contributed by atoms with van der Waals surface area (Å²) in [4.78, 5) is 23.1. The van der Waals surface area contributed by atoms with Gasteiger partial charge in [0.25, 0.3) is 5.91 Å². The standard InChI is InChI=1S/C14H14BrNO4S/c15-12-7-10(9-21-12)8-20-13(17)4-1-5-16-14(18)11-3-2-6-19-11/h2-3,6-7,9H,1,4-5,8H2,(H,16,18). The van der Waals surface area contributed by atoms with Crippen LogP contribution < -0.4 is 5.32 Å². The average molecular weight is 372 g/mol. The van der Waals surface area contributed by atoms with E-state index < -0.39 is 0 Å². The SMILES string of the molecule is O=C(CCCNC(=O)c1ccco1)OCc1csc(Br)c1. The number of nitrogens with one attached hydrogen (secondary N) is 1. The molecule has 5 nitrogen and oxygen atoms in total. The highest BCUT2D eigenvalue weighted by molar-refractivity contribution is 9.11. The molecule has 7 heteroatoms. The number of furan rings is 1. The molecule has 0 fully saturated rings. The summed E-state index contributed by atoms with van der Waals surface area (Å²) in [5, 5.41) is 4.60. The summed E-state index contributed by atoms with van der Waals surface area (Å²) in [5.41, 5.74) is 0.964. The molecule has 1 N–H and O–H groups in total. The minimum atomic E-state index is -0.281. The molecule has 0 unspecified atom stereocenters. The summed E-state index contributed by atoms with van der Waals surface area (Å²) < 4.78 is 11.1. The molecule has 2 rings (SSSR count). The van der Waals surface area contributed by atoms with Crippen LogP contribution in [0.2, 0.25) is 0 Å². The molecular weight excluding hydrogens is 358 g/mol. The Morgan fingerprint density at radius 1 is 1.43 bits per heavy atom. The fraction of sp³-hybridized carbons (Fsp3) is 0.286. The quantitative estimate of drug-likeness (QED) is 0.598. The van der Waals surface area contributed by atoms with E-state index in [2.05, 4.69) is 21.2 Å². The molecule has 21 heavy (non-hydrogen) atoms. The van der Waals surface area contributed by atoms with Gasteiger partial charge in [0.2, 0.25) is 0 Å². The molecule has 0 aliphatic heterocycles. The molecule has 112 valence electrons. The smallest absolute Gasteiger partial charge is 0.306 e. The van der Waals surface area contributed by atoms with Crippen molar-refractivity contribution in [3.8, 4) is 0 Å². The third kappa shape index (κ3) is 5.35. The van der Waals surface area contributed by atoms with Crippen LogP contribution in [0.5, 0.6) is 0 Å². The summed E-state index contributed by atoms with van der Waals surface area (Å²) in [5.74, 6) is -0.290. The Hall–Kier alpha value is -1.60. The lowest BCUT2D eigenvalue weighted by Crippen LogP contribution is -2.24. The van der Waals surface area contributed by atoms with E-state index in [1.807, 2.05) is 11.4 Å². The minimum absolute atomic E-state index is 0.264. The van der Waals surface area contributed by atoms with Gasteiger partial charge in [-0.2, -0.15) is 0 Å². The van der Waals surface area contributed by atoms with Crippen molar-refractivity contribution in [3.05, 3.63) is 45.0 Å². The van der Waals surface area contributed by atoms with Crippen LogP contribution in [0.3, 0.4) is 0 Å². The minimum Gasteiger partial charge on any atom is -0.461 e. The number of halogens is 1. The third-order valence-corrected chi connectivity index (χ3v) is 4.16. The highest BCUT2D eigenvalue weighted by atomic mass is 79.9. The molecule has 2 aromatic heterocycles. The highest BCUT2D eigenvalue weighted by Crippen LogP contribution is 2.21. The van der Waals surface area contributed by atoms with Gasteiger partial charge < -0.3 is 14.5 Å². The van der Waals surface area contributed by atoms with Crippen molar-refractivity contribution in [2.45, 2.75) is 19.4 Å². The van der Waals surface area contributed by atoms with E-state index in [4.69, 9.17) is 9.15 Å². The second-order valence-corrected chi connectivity index (χ2v) is 6.55. The van der Waals surface area contributed by atoms with Crippen molar-refractivity contribution >= 4 is 39.1 Å². The van der Waals surface area contributed by atoms with Crippen LogP contribution in [0.4, 0.5) is 0 Å². The number of amides is 1. The van der Waals surface area contributed by atoms with Gasteiger partial charge in [-0.1, -0.05) is 0 Å². The molecule has 0 spiro atoms. The van der Waals surface area contributed by atoms with Crippen LogP contribution in [0, 0.1) is 0 Å². The largest absolute Gasteiger partial charge is 0.461 e. The fourth-order valence-corrected chi connectivity index (χ4v) is 2.78. The van der Waals surface area contributed by atoms with Gasteiger partial charge in [0, 0.05) is 18.5 Å². The first-order chi connectivity index (χ1) is 10.1. The molecule has 0 aliphatic carbocycles. The molecule has 0 saturated carbocycles. The zero-order valence-corrected chi connectivity index (χ0v) is 13.5. The Kier molecular flexibility index (Phi) is 6.01. The van der Waals surface area contributed by atoms with E-state index in [1.54, 1.807) is 23.5 Å². The first-order valence-corrected chi connectivity index (χ1v) is 8.02. The van der Waals surface area contributed by atoms with Gasteiger partial charge in [-0.05, 0) is 45.9 Å². The van der Waals surface area contributed by atoms with E-state index in [0.29, 0.717) is 13.0 Å². The highest BCUT2D eigenvalue weighted by Gasteiger charge is 2.08. The monoisotopic (exact) mass is 371 g/mol. The summed E-state index contributed by atoms with van der Waals surface area (Å²) in [6.07, 6.45) is 2.23. The summed E-state index contributed by atoms with van der Waals surface area (Å²) >= 11 is 4.90. The van der Waals surface area contributed by atoms with Gasteiger partial charge >= 0.3 is 5.97 Å². The zero-order chi connectivity index (χ0) is 15.1. The van der Waals surface area contributed by atoms with E-state index in [0.717, 1.165) is 9.35 Å². The molecule has 0 saturated heterocycles. The van der Waals surface area contributed by atoms with Crippen LogP contribution in [-0.4, -0.2) is 18.4 Å². The first kappa shape index (κ1) is 15.8. The summed E-state index contributed by atoms with van der Waals surface area (Å²) in [6.45, 7) is 0.679. The molecule has 2 aromatic rings. The lowest BCUT2D eigenvalue weighted by atomic mass is 10.3. The van der Waals surface area contributed by atoms with Crippen molar-refractivity contribution in [1.82, 2.24) is 5.32 Å². The van der Waals surface area contributed by atoms with E-state index in [9.17, 15) is 9.59 Å². The second kappa shape index (κ2) is 7.99. The zero-order valence-electron chi connectivity index (χ0n) is 11.1. The Balaban J connectivity index is 1.58. The summed E-state index contributed by atoms with van der Waals surface area (Å²) in [6, 6.07) is 5.15. The third-order valence-electron chi connectivity index (χ3n) is 2.61. The molecule has 0 aliphatic rings. The molecule has 0 aromatic carbocycles.